The predicted molar refractivity (Wildman–Crippen MR) is 130 cm³/mol. The lowest BCUT2D eigenvalue weighted by atomic mass is 9.90. The molecule has 2 fully saturated rings. The summed E-state index contributed by atoms with van der Waals surface area (Å²) in [6.45, 7) is 10.6. The quantitative estimate of drug-likeness (QED) is 0.416. The van der Waals surface area contributed by atoms with Gasteiger partial charge in [0.1, 0.15) is 6.10 Å². The first-order valence-electron chi connectivity index (χ1n) is 12.3. The molecule has 8 nitrogen and oxygen atoms in total. The molecule has 1 aromatic rings. The minimum atomic E-state index is -0.369. The molecule has 34 heavy (non-hydrogen) atoms. The SMILES string of the molecule is CC(C)CN(CCCNC(=O)OC1CCOC2OCC1C2C)Sc1ccc2c(c1)C(=O)N(C)C2. The van der Waals surface area contributed by atoms with Crippen molar-refractivity contribution in [2.45, 2.75) is 57.4 Å². The van der Waals surface area contributed by atoms with Crippen molar-refractivity contribution in [3.05, 3.63) is 29.3 Å². The van der Waals surface area contributed by atoms with E-state index in [1.807, 2.05) is 13.1 Å². The number of amides is 2. The van der Waals surface area contributed by atoms with Crippen molar-refractivity contribution >= 4 is 23.9 Å². The predicted octanol–water partition coefficient (Wildman–Crippen LogP) is 3.75. The van der Waals surface area contributed by atoms with Crippen LogP contribution in [0.25, 0.3) is 0 Å². The number of alkyl carbamates (subject to hydrolysis) is 1. The van der Waals surface area contributed by atoms with Gasteiger partial charge in [-0.15, -0.1) is 0 Å². The van der Waals surface area contributed by atoms with Crippen LogP contribution in [0.5, 0.6) is 0 Å². The maximum absolute atomic E-state index is 12.4. The molecule has 0 radical (unpaired) electrons. The molecule has 1 N–H and O–H groups in total. The number of hydrogen-bond acceptors (Lipinski definition) is 7. The molecule has 1 aromatic carbocycles. The highest BCUT2D eigenvalue weighted by atomic mass is 32.2. The summed E-state index contributed by atoms with van der Waals surface area (Å²) in [7, 11) is 1.83. The summed E-state index contributed by atoms with van der Waals surface area (Å²) < 4.78 is 19.4. The Kier molecular flexibility index (Phi) is 8.39. The van der Waals surface area contributed by atoms with Gasteiger partial charge in [0.2, 0.25) is 0 Å². The van der Waals surface area contributed by atoms with E-state index in [2.05, 4.69) is 42.5 Å². The standard InChI is InChI=1S/C25H37N3O5S/c1-16(2)13-28(34-19-7-6-18-14-27(4)23(29)20(18)12-19)10-5-9-26-25(30)33-22-8-11-31-24-17(3)21(22)15-32-24/h6-7,12,16-17,21-22,24H,5,8-11,13-15H2,1-4H3,(H,26,30). The second-order valence-corrected chi connectivity index (χ2v) is 11.1. The summed E-state index contributed by atoms with van der Waals surface area (Å²) in [5.41, 5.74) is 1.89. The van der Waals surface area contributed by atoms with Crippen LogP contribution in [0.15, 0.2) is 23.1 Å². The lowest BCUT2D eigenvalue weighted by molar-refractivity contribution is -0.131. The molecule has 4 rings (SSSR count). The van der Waals surface area contributed by atoms with Gasteiger partial charge in [-0.25, -0.2) is 9.10 Å². The first-order valence-corrected chi connectivity index (χ1v) is 13.1. The van der Waals surface area contributed by atoms with Gasteiger partial charge in [0, 0.05) is 61.9 Å². The average Bonchev–Trinajstić information content (AvgIpc) is 3.22. The zero-order chi connectivity index (χ0) is 24.2. The highest BCUT2D eigenvalue weighted by Gasteiger charge is 2.43. The molecule has 3 aliphatic rings. The average molecular weight is 492 g/mol. The zero-order valence-corrected chi connectivity index (χ0v) is 21.4. The molecule has 3 aliphatic heterocycles. The molecule has 0 aromatic heterocycles. The number of ether oxygens (including phenoxy) is 3. The first-order chi connectivity index (χ1) is 16.3. The molecule has 2 amide bonds. The summed E-state index contributed by atoms with van der Waals surface area (Å²) in [5.74, 6) is 1.02. The van der Waals surface area contributed by atoms with Crippen molar-refractivity contribution in [1.29, 1.82) is 0 Å². The highest BCUT2D eigenvalue weighted by molar-refractivity contribution is 7.97. The third kappa shape index (κ3) is 6.05. The van der Waals surface area contributed by atoms with Gasteiger partial charge in [0.15, 0.2) is 6.29 Å². The summed E-state index contributed by atoms with van der Waals surface area (Å²) in [6.07, 6.45) is 0.806. The summed E-state index contributed by atoms with van der Waals surface area (Å²) in [5, 5.41) is 2.91. The number of carbonyl (C=O) groups is 2. The van der Waals surface area contributed by atoms with Crippen LogP contribution in [0.3, 0.4) is 0 Å². The molecule has 4 atom stereocenters. The fourth-order valence-corrected chi connectivity index (χ4v) is 6.05. The second-order valence-electron chi connectivity index (χ2n) is 9.96. The minimum absolute atomic E-state index is 0.0879. The smallest absolute Gasteiger partial charge is 0.407 e. The third-order valence-electron chi connectivity index (χ3n) is 6.70. The molecule has 188 valence electrons. The second kappa shape index (κ2) is 11.3. The van der Waals surface area contributed by atoms with Crippen molar-refractivity contribution in [3.63, 3.8) is 0 Å². The van der Waals surface area contributed by atoms with Gasteiger partial charge < -0.3 is 24.4 Å². The number of rotatable bonds is 9. The van der Waals surface area contributed by atoms with Gasteiger partial charge in [-0.1, -0.05) is 26.8 Å². The van der Waals surface area contributed by atoms with Crippen molar-refractivity contribution < 1.29 is 23.8 Å². The fourth-order valence-electron chi connectivity index (χ4n) is 4.86. The van der Waals surface area contributed by atoms with Gasteiger partial charge in [-0.05, 0) is 42.0 Å². The summed E-state index contributed by atoms with van der Waals surface area (Å²) >= 11 is 1.67. The Morgan fingerprint density at radius 1 is 1.35 bits per heavy atom. The van der Waals surface area contributed by atoms with Crippen molar-refractivity contribution in [1.82, 2.24) is 14.5 Å². The van der Waals surface area contributed by atoms with E-state index in [4.69, 9.17) is 14.2 Å². The Morgan fingerprint density at radius 2 is 2.18 bits per heavy atom. The topological polar surface area (TPSA) is 80.3 Å². The van der Waals surface area contributed by atoms with Crippen molar-refractivity contribution in [2.24, 2.45) is 17.8 Å². The van der Waals surface area contributed by atoms with Crippen LogP contribution >= 0.6 is 11.9 Å². The number of nitrogens with one attached hydrogen (secondary N) is 1. The molecule has 0 aliphatic carbocycles. The molecule has 0 saturated carbocycles. The van der Waals surface area contributed by atoms with Crippen LogP contribution in [-0.4, -0.2) is 73.5 Å². The van der Waals surface area contributed by atoms with Crippen LogP contribution in [0.1, 0.15) is 49.5 Å². The molecule has 4 unspecified atom stereocenters. The Labute approximate surface area is 206 Å². The molecule has 0 spiro atoms. The fraction of sp³-hybridized carbons (Fsp3) is 0.680. The third-order valence-corrected chi connectivity index (χ3v) is 7.76. The number of hydrogen-bond donors (Lipinski definition) is 1. The maximum Gasteiger partial charge on any atom is 0.407 e. The zero-order valence-electron chi connectivity index (χ0n) is 20.6. The molecule has 2 bridgehead atoms. The normalized spacial score (nSPS) is 26.2. The van der Waals surface area contributed by atoms with Gasteiger partial charge in [-0.2, -0.15) is 0 Å². The summed E-state index contributed by atoms with van der Waals surface area (Å²) in [6, 6.07) is 6.15. The van der Waals surface area contributed by atoms with Crippen LogP contribution in [0.4, 0.5) is 4.79 Å². The van der Waals surface area contributed by atoms with E-state index in [0.717, 1.165) is 35.5 Å². The highest BCUT2D eigenvalue weighted by Crippen LogP contribution is 2.35. The van der Waals surface area contributed by atoms with E-state index in [-0.39, 0.29) is 36.2 Å². The van der Waals surface area contributed by atoms with E-state index in [9.17, 15) is 9.59 Å². The number of nitrogens with zero attached hydrogens (tertiary/aromatic N) is 2. The lowest BCUT2D eigenvalue weighted by Gasteiger charge is -2.24. The molecular formula is C25H37N3O5S. The van der Waals surface area contributed by atoms with Crippen LogP contribution < -0.4 is 5.32 Å². The molecule has 9 heteroatoms. The number of fused-ring (bicyclic) bond motifs is 3. The van der Waals surface area contributed by atoms with E-state index in [1.165, 1.54) is 0 Å². The maximum atomic E-state index is 12.4. The summed E-state index contributed by atoms with van der Waals surface area (Å²) in [4.78, 5) is 27.6. The monoisotopic (exact) mass is 491 g/mol. The number of carbonyl (C=O) groups excluding carboxylic acids is 2. The lowest BCUT2D eigenvalue weighted by Crippen LogP contribution is -2.36. The Bertz CT molecular complexity index is 882. The van der Waals surface area contributed by atoms with E-state index in [1.54, 1.807) is 16.8 Å². The van der Waals surface area contributed by atoms with Gasteiger partial charge in [0.05, 0.1) is 13.2 Å². The molecular weight excluding hydrogens is 454 g/mol. The number of benzene rings is 1. The largest absolute Gasteiger partial charge is 0.446 e. The molecule has 3 heterocycles. The van der Waals surface area contributed by atoms with Crippen LogP contribution in [-0.2, 0) is 20.8 Å². The van der Waals surface area contributed by atoms with Gasteiger partial charge >= 0.3 is 6.09 Å². The van der Waals surface area contributed by atoms with E-state index >= 15 is 0 Å². The van der Waals surface area contributed by atoms with Crippen LogP contribution in [0, 0.1) is 17.8 Å². The van der Waals surface area contributed by atoms with Gasteiger partial charge in [0.25, 0.3) is 5.91 Å². The van der Waals surface area contributed by atoms with E-state index in [0.29, 0.717) is 38.6 Å². The Balaban J connectivity index is 1.24. The van der Waals surface area contributed by atoms with Crippen molar-refractivity contribution in [2.75, 3.05) is 39.9 Å². The Morgan fingerprint density at radius 3 is 2.97 bits per heavy atom. The first kappa shape index (κ1) is 25.3. The van der Waals surface area contributed by atoms with Crippen molar-refractivity contribution in [3.8, 4) is 0 Å². The van der Waals surface area contributed by atoms with Gasteiger partial charge in [-0.3, -0.25) is 4.79 Å². The molecule has 2 saturated heterocycles. The Hall–Kier alpha value is -1.81. The minimum Gasteiger partial charge on any atom is -0.446 e. The van der Waals surface area contributed by atoms with E-state index < -0.39 is 0 Å². The van der Waals surface area contributed by atoms with Crippen LogP contribution in [0.2, 0.25) is 0 Å².